The normalized spacial score (nSPS) is 10.9. The molecule has 0 unspecified atom stereocenters. The summed E-state index contributed by atoms with van der Waals surface area (Å²) >= 11 is 0. The molecule has 0 amide bonds. The number of rotatable bonds is 4. The van der Waals surface area contributed by atoms with Crippen molar-refractivity contribution in [2.75, 3.05) is 24.3 Å². The van der Waals surface area contributed by atoms with Crippen LogP contribution in [0.4, 0.5) is 15.8 Å². The van der Waals surface area contributed by atoms with Crippen LogP contribution < -0.4 is 16.0 Å². The first-order valence-corrected chi connectivity index (χ1v) is 7.05. The third kappa shape index (κ3) is 5.70. The van der Waals surface area contributed by atoms with Gasteiger partial charge in [0, 0.05) is 19.8 Å². The largest absolute Gasteiger partial charge is 0.375 e. The van der Waals surface area contributed by atoms with Crippen molar-refractivity contribution in [3.8, 4) is 0 Å². The van der Waals surface area contributed by atoms with Gasteiger partial charge in [-0.2, -0.15) is 0 Å². The van der Waals surface area contributed by atoms with E-state index < -0.39 is 0 Å². The fourth-order valence-electron chi connectivity index (χ4n) is 2.01. The Morgan fingerprint density at radius 3 is 2.39 bits per heavy atom. The van der Waals surface area contributed by atoms with E-state index in [9.17, 15) is 4.39 Å². The van der Waals surface area contributed by atoms with Gasteiger partial charge >= 0.3 is 0 Å². The third-order valence-corrected chi connectivity index (χ3v) is 3.25. The highest BCUT2D eigenvalue weighted by Crippen LogP contribution is 2.18. The summed E-state index contributed by atoms with van der Waals surface area (Å²) in [4.78, 5) is 5.96. The van der Waals surface area contributed by atoms with E-state index in [1.54, 1.807) is 25.1 Å². The van der Waals surface area contributed by atoms with E-state index in [-0.39, 0.29) is 29.8 Å². The predicted octanol–water partition coefficient (Wildman–Crippen LogP) is 3.74. The second kappa shape index (κ2) is 8.71. The highest BCUT2D eigenvalue weighted by Gasteiger charge is 2.05. The molecule has 124 valence electrons. The van der Waals surface area contributed by atoms with E-state index in [0.717, 1.165) is 11.3 Å². The lowest BCUT2D eigenvalue weighted by molar-refractivity contribution is 0.624. The zero-order valence-corrected chi connectivity index (χ0v) is 15.8. The molecule has 2 aromatic carbocycles. The smallest absolute Gasteiger partial charge is 0.193 e. The average Bonchev–Trinajstić information content (AvgIpc) is 2.47. The number of halogens is 2. The molecule has 0 aliphatic heterocycles. The molecule has 0 heterocycles. The van der Waals surface area contributed by atoms with Crippen LogP contribution in [0.25, 0.3) is 0 Å². The Morgan fingerprint density at radius 2 is 1.83 bits per heavy atom. The number of aliphatic imine (C=N–C) groups is 1. The minimum atomic E-state index is -0.261. The number of nitrogens with two attached hydrogens (primary N) is 1. The Labute approximate surface area is 153 Å². The quantitative estimate of drug-likeness (QED) is 0.443. The lowest BCUT2D eigenvalue weighted by Crippen LogP contribution is -2.22. The highest BCUT2D eigenvalue weighted by molar-refractivity contribution is 14.0. The molecule has 23 heavy (non-hydrogen) atoms. The van der Waals surface area contributed by atoms with Crippen LogP contribution in [-0.2, 0) is 6.54 Å². The first-order chi connectivity index (χ1) is 10.5. The van der Waals surface area contributed by atoms with Crippen molar-refractivity contribution in [2.24, 2.45) is 10.7 Å². The molecule has 0 saturated carbocycles. The van der Waals surface area contributed by atoms with Crippen LogP contribution in [0.15, 0.2) is 47.5 Å². The molecule has 0 radical (unpaired) electrons. The zero-order valence-electron chi connectivity index (χ0n) is 13.5. The van der Waals surface area contributed by atoms with Gasteiger partial charge in [-0.05, 0) is 36.8 Å². The molecular weight excluding hydrogens is 406 g/mol. The Balaban J connectivity index is 0.00000264. The molecule has 0 saturated heterocycles. The van der Waals surface area contributed by atoms with E-state index in [1.807, 2.05) is 37.3 Å². The van der Waals surface area contributed by atoms with Crippen molar-refractivity contribution in [1.29, 1.82) is 0 Å². The van der Waals surface area contributed by atoms with Crippen LogP contribution in [0.3, 0.4) is 0 Å². The lowest BCUT2D eigenvalue weighted by atomic mass is 10.2. The molecular formula is C17H22FIN4. The van der Waals surface area contributed by atoms with Gasteiger partial charge in [-0.1, -0.05) is 23.8 Å². The molecule has 4 nitrogen and oxygen atoms in total. The number of guanidine groups is 1. The minimum Gasteiger partial charge on any atom is -0.375 e. The molecule has 6 heteroatoms. The maximum Gasteiger partial charge on any atom is 0.193 e. The van der Waals surface area contributed by atoms with Gasteiger partial charge in [-0.3, -0.25) is 0 Å². The summed E-state index contributed by atoms with van der Waals surface area (Å²) in [7, 11) is 3.61. The second-order valence-electron chi connectivity index (χ2n) is 5.37. The molecule has 0 aromatic heterocycles. The van der Waals surface area contributed by atoms with Crippen LogP contribution in [-0.4, -0.2) is 20.1 Å². The molecule has 0 aliphatic carbocycles. The Bertz CT molecular complexity index is 669. The summed E-state index contributed by atoms with van der Waals surface area (Å²) in [6.07, 6.45) is 0. The number of hydrogen-bond acceptors (Lipinski definition) is 2. The van der Waals surface area contributed by atoms with E-state index in [1.165, 1.54) is 11.6 Å². The van der Waals surface area contributed by atoms with Crippen LogP contribution in [0.1, 0.15) is 11.1 Å². The summed E-state index contributed by atoms with van der Waals surface area (Å²) in [6.45, 7) is 2.35. The Hall–Kier alpha value is -1.83. The summed E-state index contributed by atoms with van der Waals surface area (Å²) < 4.78 is 13.9. The number of hydrogen-bond donors (Lipinski definition) is 2. The molecule has 2 aromatic rings. The molecule has 0 fully saturated rings. The van der Waals surface area contributed by atoms with E-state index in [0.29, 0.717) is 18.2 Å². The van der Waals surface area contributed by atoms with Gasteiger partial charge in [0.25, 0.3) is 0 Å². The van der Waals surface area contributed by atoms with Gasteiger partial charge in [-0.15, -0.1) is 24.0 Å². The third-order valence-electron chi connectivity index (χ3n) is 3.25. The summed E-state index contributed by atoms with van der Waals surface area (Å²) in [5.74, 6) is 0.0451. The molecule has 3 N–H and O–H groups in total. The Kier molecular flexibility index (Phi) is 7.28. The van der Waals surface area contributed by atoms with Crippen LogP contribution in [0, 0.1) is 12.7 Å². The molecule has 2 rings (SSSR count). The maximum atomic E-state index is 13.9. The summed E-state index contributed by atoms with van der Waals surface area (Å²) in [6, 6.07) is 12.9. The van der Waals surface area contributed by atoms with Gasteiger partial charge < -0.3 is 16.0 Å². The van der Waals surface area contributed by atoms with Crippen molar-refractivity contribution in [3.63, 3.8) is 0 Å². The molecule has 0 bridgehead atoms. The van der Waals surface area contributed by atoms with Crippen molar-refractivity contribution in [1.82, 2.24) is 0 Å². The molecule has 0 spiro atoms. The summed E-state index contributed by atoms with van der Waals surface area (Å²) in [5, 5.41) is 3.01. The topological polar surface area (TPSA) is 53.6 Å². The second-order valence-corrected chi connectivity index (χ2v) is 5.37. The average molecular weight is 428 g/mol. The van der Waals surface area contributed by atoms with Crippen molar-refractivity contribution in [3.05, 3.63) is 59.4 Å². The number of aryl methyl sites for hydroxylation is 1. The van der Waals surface area contributed by atoms with Crippen LogP contribution in [0.2, 0.25) is 0 Å². The highest BCUT2D eigenvalue weighted by atomic mass is 127. The van der Waals surface area contributed by atoms with E-state index in [4.69, 9.17) is 5.73 Å². The van der Waals surface area contributed by atoms with Gasteiger partial charge in [0.15, 0.2) is 5.96 Å². The van der Waals surface area contributed by atoms with Gasteiger partial charge in [0.2, 0.25) is 0 Å². The minimum absolute atomic E-state index is 0. The maximum absolute atomic E-state index is 13.9. The fourth-order valence-corrected chi connectivity index (χ4v) is 2.01. The van der Waals surface area contributed by atoms with Crippen molar-refractivity contribution in [2.45, 2.75) is 13.5 Å². The molecule has 0 atom stereocenters. The zero-order chi connectivity index (χ0) is 16.1. The monoisotopic (exact) mass is 428 g/mol. The standard InChI is InChI=1S/C17H21FN4.HI/c1-12-4-7-14(8-5-12)21-17(19)20-11-13-6-9-16(22(2)3)15(18)10-13;/h4-10H,11H2,1-3H3,(H3,19,20,21);1H. The number of nitrogens with zero attached hydrogens (tertiary/aromatic N) is 2. The number of anilines is 2. The first kappa shape index (κ1) is 19.2. The lowest BCUT2D eigenvalue weighted by Gasteiger charge is -2.13. The SMILES string of the molecule is Cc1ccc(NC(N)=NCc2ccc(N(C)C)c(F)c2)cc1.I. The summed E-state index contributed by atoms with van der Waals surface area (Å²) in [5.41, 5.74) is 9.23. The predicted molar refractivity (Wildman–Crippen MR) is 106 cm³/mol. The van der Waals surface area contributed by atoms with Crippen LogP contribution in [0.5, 0.6) is 0 Å². The molecule has 0 aliphatic rings. The number of nitrogens with one attached hydrogen (secondary N) is 1. The van der Waals surface area contributed by atoms with Crippen molar-refractivity contribution < 1.29 is 4.39 Å². The number of benzene rings is 2. The van der Waals surface area contributed by atoms with E-state index >= 15 is 0 Å². The van der Waals surface area contributed by atoms with Gasteiger partial charge in [0.05, 0.1) is 12.2 Å². The van der Waals surface area contributed by atoms with Gasteiger partial charge in [0.1, 0.15) is 5.82 Å². The Morgan fingerprint density at radius 1 is 1.17 bits per heavy atom. The van der Waals surface area contributed by atoms with Crippen LogP contribution >= 0.6 is 24.0 Å². The van der Waals surface area contributed by atoms with Crippen molar-refractivity contribution >= 4 is 41.3 Å². The fraction of sp³-hybridized carbons (Fsp3) is 0.235. The first-order valence-electron chi connectivity index (χ1n) is 7.05. The van der Waals surface area contributed by atoms with Gasteiger partial charge in [-0.25, -0.2) is 9.38 Å². The van der Waals surface area contributed by atoms with E-state index in [2.05, 4.69) is 10.3 Å².